The standard InChI is InChI=1S/C6H15NO3S/c1-11(9,10)4-2-3-6(7)5-8/h6,8H,2-5,7H2,1H3. The van der Waals surface area contributed by atoms with Crippen molar-refractivity contribution in [3.05, 3.63) is 0 Å². The third kappa shape index (κ3) is 7.77. The second kappa shape index (κ2) is 4.69. The van der Waals surface area contributed by atoms with E-state index in [2.05, 4.69) is 0 Å². The molecule has 0 saturated carbocycles. The zero-order valence-corrected chi connectivity index (χ0v) is 7.47. The molecule has 0 saturated heterocycles. The molecule has 5 heteroatoms. The first-order valence-corrected chi connectivity index (χ1v) is 5.56. The molecule has 1 atom stereocenters. The summed E-state index contributed by atoms with van der Waals surface area (Å²) < 4.78 is 21.2. The molecule has 68 valence electrons. The third-order valence-electron chi connectivity index (χ3n) is 1.32. The molecule has 0 aliphatic carbocycles. The van der Waals surface area contributed by atoms with Crippen molar-refractivity contribution in [1.29, 1.82) is 0 Å². The molecule has 0 radical (unpaired) electrons. The number of aliphatic hydroxyl groups excluding tert-OH is 1. The first-order valence-electron chi connectivity index (χ1n) is 3.50. The summed E-state index contributed by atoms with van der Waals surface area (Å²) >= 11 is 0. The van der Waals surface area contributed by atoms with Crippen molar-refractivity contribution in [3.63, 3.8) is 0 Å². The van der Waals surface area contributed by atoms with Crippen LogP contribution in [-0.2, 0) is 9.84 Å². The molecule has 0 heterocycles. The van der Waals surface area contributed by atoms with E-state index in [4.69, 9.17) is 10.8 Å². The Balaban J connectivity index is 3.43. The molecule has 0 aromatic carbocycles. The van der Waals surface area contributed by atoms with Gasteiger partial charge in [-0.15, -0.1) is 0 Å². The normalized spacial score (nSPS) is 14.8. The van der Waals surface area contributed by atoms with Gasteiger partial charge in [0.2, 0.25) is 0 Å². The lowest BCUT2D eigenvalue weighted by atomic mass is 10.2. The Kier molecular flexibility index (Phi) is 4.63. The highest BCUT2D eigenvalue weighted by Gasteiger charge is 2.04. The van der Waals surface area contributed by atoms with Crippen LogP contribution >= 0.6 is 0 Å². The molecule has 0 fully saturated rings. The minimum absolute atomic E-state index is 0.0796. The minimum atomic E-state index is -2.87. The molecule has 0 amide bonds. The first kappa shape index (κ1) is 10.9. The Morgan fingerprint density at radius 2 is 2.09 bits per heavy atom. The van der Waals surface area contributed by atoms with Crippen molar-refractivity contribution < 1.29 is 13.5 Å². The third-order valence-corrected chi connectivity index (χ3v) is 2.35. The number of nitrogens with two attached hydrogens (primary N) is 1. The molecule has 11 heavy (non-hydrogen) atoms. The van der Waals surface area contributed by atoms with Crippen molar-refractivity contribution in [3.8, 4) is 0 Å². The van der Waals surface area contributed by atoms with E-state index in [1.807, 2.05) is 0 Å². The van der Waals surface area contributed by atoms with Crippen LogP contribution in [-0.4, -0.2) is 38.2 Å². The van der Waals surface area contributed by atoms with Crippen molar-refractivity contribution in [2.45, 2.75) is 18.9 Å². The average molecular weight is 181 g/mol. The summed E-state index contributed by atoms with van der Waals surface area (Å²) in [7, 11) is -2.87. The summed E-state index contributed by atoms with van der Waals surface area (Å²) in [5.74, 6) is 0.153. The molecule has 0 rings (SSSR count). The van der Waals surface area contributed by atoms with Crippen molar-refractivity contribution in [2.75, 3.05) is 18.6 Å². The molecule has 3 N–H and O–H groups in total. The van der Waals surface area contributed by atoms with E-state index in [1.165, 1.54) is 6.26 Å². The molecule has 0 spiro atoms. The number of hydrogen-bond donors (Lipinski definition) is 2. The number of aliphatic hydroxyl groups is 1. The topological polar surface area (TPSA) is 80.4 Å². The predicted octanol–water partition coefficient (Wildman–Crippen LogP) is -0.869. The van der Waals surface area contributed by atoms with Gasteiger partial charge in [-0.25, -0.2) is 8.42 Å². The van der Waals surface area contributed by atoms with Crippen LogP contribution in [0.5, 0.6) is 0 Å². The summed E-state index contributed by atoms with van der Waals surface area (Å²) in [5.41, 5.74) is 5.36. The van der Waals surface area contributed by atoms with Crippen LogP contribution in [0.1, 0.15) is 12.8 Å². The van der Waals surface area contributed by atoms with Gasteiger partial charge in [-0.2, -0.15) is 0 Å². The Bertz CT molecular complexity index is 188. The highest BCUT2D eigenvalue weighted by atomic mass is 32.2. The van der Waals surface area contributed by atoms with Gasteiger partial charge in [0, 0.05) is 18.1 Å². The number of rotatable bonds is 5. The fourth-order valence-corrected chi connectivity index (χ4v) is 1.39. The van der Waals surface area contributed by atoms with E-state index in [9.17, 15) is 8.42 Å². The lowest BCUT2D eigenvalue weighted by Crippen LogP contribution is -2.24. The van der Waals surface area contributed by atoms with Gasteiger partial charge < -0.3 is 10.8 Å². The van der Waals surface area contributed by atoms with Crippen LogP contribution in [0.4, 0.5) is 0 Å². The van der Waals surface area contributed by atoms with Crippen molar-refractivity contribution >= 4 is 9.84 Å². The van der Waals surface area contributed by atoms with Gasteiger partial charge in [-0.05, 0) is 12.8 Å². The highest BCUT2D eigenvalue weighted by molar-refractivity contribution is 7.90. The molecule has 0 aromatic rings. The van der Waals surface area contributed by atoms with Crippen LogP contribution in [0.15, 0.2) is 0 Å². The largest absolute Gasteiger partial charge is 0.395 e. The Labute approximate surface area is 67.3 Å². The lowest BCUT2D eigenvalue weighted by molar-refractivity contribution is 0.259. The summed E-state index contributed by atoms with van der Waals surface area (Å²) in [6, 6.07) is -0.281. The quantitative estimate of drug-likeness (QED) is 0.578. The molecular formula is C6H15NO3S. The van der Waals surface area contributed by atoms with Gasteiger partial charge in [0.25, 0.3) is 0 Å². The van der Waals surface area contributed by atoms with Crippen molar-refractivity contribution in [1.82, 2.24) is 0 Å². The SMILES string of the molecule is CS(=O)(=O)CCCC(N)CO. The van der Waals surface area contributed by atoms with Crippen LogP contribution < -0.4 is 5.73 Å². The van der Waals surface area contributed by atoms with Crippen molar-refractivity contribution in [2.24, 2.45) is 5.73 Å². The van der Waals surface area contributed by atoms with Gasteiger partial charge in [0.1, 0.15) is 9.84 Å². The minimum Gasteiger partial charge on any atom is -0.395 e. The average Bonchev–Trinajstić information content (AvgIpc) is 1.85. The Morgan fingerprint density at radius 3 is 2.45 bits per heavy atom. The van der Waals surface area contributed by atoms with E-state index in [0.29, 0.717) is 12.8 Å². The fourth-order valence-electron chi connectivity index (χ4n) is 0.699. The summed E-state index contributed by atoms with van der Waals surface area (Å²) in [6.45, 7) is -0.0796. The van der Waals surface area contributed by atoms with E-state index >= 15 is 0 Å². The lowest BCUT2D eigenvalue weighted by Gasteiger charge is -2.05. The second-order valence-corrected chi connectivity index (χ2v) is 4.97. The van der Waals surface area contributed by atoms with Crippen LogP contribution in [0.3, 0.4) is 0 Å². The van der Waals surface area contributed by atoms with Gasteiger partial charge >= 0.3 is 0 Å². The van der Waals surface area contributed by atoms with E-state index in [1.54, 1.807) is 0 Å². The van der Waals surface area contributed by atoms with Crippen LogP contribution in [0, 0.1) is 0 Å². The molecular weight excluding hydrogens is 166 g/mol. The fraction of sp³-hybridized carbons (Fsp3) is 1.00. The highest BCUT2D eigenvalue weighted by Crippen LogP contribution is 1.96. The van der Waals surface area contributed by atoms with Gasteiger partial charge in [0.15, 0.2) is 0 Å². The Hall–Kier alpha value is -0.130. The maximum absolute atomic E-state index is 10.6. The summed E-state index contributed by atoms with van der Waals surface area (Å²) in [5, 5.41) is 8.49. The zero-order valence-electron chi connectivity index (χ0n) is 6.66. The van der Waals surface area contributed by atoms with Gasteiger partial charge in [-0.1, -0.05) is 0 Å². The maximum atomic E-state index is 10.6. The Morgan fingerprint density at radius 1 is 1.55 bits per heavy atom. The van der Waals surface area contributed by atoms with E-state index in [-0.39, 0.29) is 18.4 Å². The smallest absolute Gasteiger partial charge is 0.147 e. The number of hydrogen-bond acceptors (Lipinski definition) is 4. The molecule has 0 aliphatic rings. The molecule has 0 bridgehead atoms. The monoisotopic (exact) mass is 181 g/mol. The summed E-state index contributed by atoms with van der Waals surface area (Å²) in [6.07, 6.45) is 2.28. The van der Waals surface area contributed by atoms with Gasteiger partial charge in [-0.3, -0.25) is 0 Å². The molecule has 0 aliphatic heterocycles. The van der Waals surface area contributed by atoms with E-state index < -0.39 is 9.84 Å². The maximum Gasteiger partial charge on any atom is 0.147 e. The second-order valence-electron chi connectivity index (χ2n) is 2.71. The van der Waals surface area contributed by atoms with Crippen LogP contribution in [0.25, 0.3) is 0 Å². The molecule has 4 nitrogen and oxygen atoms in total. The molecule has 1 unspecified atom stereocenters. The number of sulfone groups is 1. The predicted molar refractivity (Wildman–Crippen MR) is 44.0 cm³/mol. The van der Waals surface area contributed by atoms with Gasteiger partial charge in [0.05, 0.1) is 6.61 Å². The first-order chi connectivity index (χ1) is 4.95. The summed E-state index contributed by atoms with van der Waals surface area (Å²) in [4.78, 5) is 0. The van der Waals surface area contributed by atoms with Crippen LogP contribution in [0.2, 0.25) is 0 Å². The zero-order chi connectivity index (χ0) is 8.91. The molecule has 0 aromatic heterocycles. The van der Waals surface area contributed by atoms with E-state index in [0.717, 1.165) is 0 Å².